The van der Waals surface area contributed by atoms with Crippen LogP contribution in [0.1, 0.15) is 31.7 Å². The van der Waals surface area contributed by atoms with Crippen LogP contribution in [0.3, 0.4) is 0 Å². The minimum Gasteiger partial charge on any atom is -0.495 e. The number of carboxylic acids is 1. The lowest BCUT2D eigenvalue weighted by Crippen LogP contribution is -2.26. The standard InChI is InChI=1S/C16H24N2O3/c1-3-18(9-8-16(19)20)14-7-4-12(10-15(14)21-2)11-17-13-5-6-13/h4,7,10,13,17H,3,5-6,8-9,11H2,1-2H3,(H,19,20). The highest BCUT2D eigenvalue weighted by Crippen LogP contribution is 2.30. The molecular formula is C16H24N2O3. The molecule has 0 unspecified atom stereocenters. The lowest BCUT2D eigenvalue weighted by atomic mass is 10.1. The summed E-state index contributed by atoms with van der Waals surface area (Å²) in [6.07, 6.45) is 2.67. The Morgan fingerprint density at radius 1 is 1.48 bits per heavy atom. The van der Waals surface area contributed by atoms with Crippen molar-refractivity contribution < 1.29 is 14.6 Å². The quantitative estimate of drug-likeness (QED) is 0.731. The fourth-order valence-electron chi connectivity index (χ4n) is 2.32. The molecule has 0 radical (unpaired) electrons. The lowest BCUT2D eigenvalue weighted by molar-refractivity contribution is -0.136. The fraction of sp³-hybridized carbons (Fsp3) is 0.562. The SMILES string of the molecule is CCN(CCC(=O)O)c1ccc(CNC2CC2)cc1OC. The van der Waals surface area contributed by atoms with Gasteiger partial charge in [-0.1, -0.05) is 6.07 Å². The van der Waals surface area contributed by atoms with Gasteiger partial charge >= 0.3 is 5.97 Å². The molecule has 0 aromatic heterocycles. The van der Waals surface area contributed by atoms with E-state index >= 15 is 0 Å². The first-order chi connectivity index (χ1) is 10.1. The van der Waals surface area contributed by atoms with Crippen LogP contribution in [0.4, 0.5) is 5.69 Å². The minimum atomic E-state index is -0.780. The van der Waals surface area contributed by atoms with Gasteiger partial charge in [0.25, 0.3) is 0 Å². The normalized spacial score (nSPS) is 14.0. The molecule has 1 aromatic rings. The Balaban J connectivity index is 2.06. The average molecular weight is 292 g/mol. The maximum Gasteiger partial charge on any atom is 0.305 e. The molecule has 1 aliphatic rings. The number of benzene rings is 1. The molecule has 0 amide bonds. The highest BCUT2D eigenvalue weighted by Gasteiger charge is 2.20. The number of methoxy groups -OCH3 is 1. The summed E-state index contributed by atoms with van der Waals surface area (Å²) in [5, 5.41) is 12.3. The third kappa shape index (κ3) is 4.63. The zero-order valence-electron chi connectivity index (χ0n) is 12.8. The van der Waals surface area contributed by atoms with Gasteiger partial charge in [-0.15, -0.1) is 0 Å². The summed E-state index contributed by atoms with van der Waals surface area (Å²) in [5.41, 5.74) is 2.15. The van der Waals surface area contributed by atoms with Crippen molar-refractivity contribution in [2.75, 3.05) is 25.1 Å². The first kappa shape index (κ1) is 15.6. The average Bonchev–Trinajstić information content (AvgIpc) is 3.30. The van der Waals surface area contributed by atoms with Crippen molar-refractivity contribution in [2.45, 2.75) is 38.8 Å². The van der Waals surface area contributed by atoms with Crippen molar-refractivity contribution in [3.63, 3.8) is 0 Å². The highest BCUT2D eigenvalue weighted by molar-refractivity contribution is 5.68. The van der Waals surface area contributed by atoms with Gasteiger partial charge in [-0.2, -0.15) is 0 Å². The number of nitrogens with zero attached hydrogens (tertiary/aromatic N) is 1. The molecule has 2 rings (SSSR count). The predicted octanol–water partition coefficient (Wildman–Crippen LogP) is 2.25. The van der Waals surface area contributed by atoms with E-state index in [0.717, 1.165) is 24.5 Å². The number of hydrogen-bond acceptors (Lipinski definition) is 4. The largest absolute Gasteiger partial charge is 0.495 e. The van der Waals surface area contributed by atoms with Gasteiger partial charge in [0.2, 0.25) is 0 Å². The van der Waals surface area contributed by atoms with Crippen LogP contribution in [-0.4, -0.2) is 37.3 Å². The molecule has 116 valence electrons. The Bertz CT molecular complexity index is 486. The van der Waals surface area contributed by atoms with E-state index in [-0.39, 0.29) is 6.42 Å². The van der Waals surface area contributed by atoms with Crippen molar-refractivity contribution in [1.82, 2.24) is 5.32 Å². The summed E-state index contributed by atoms with van der Waals surface area (Å²) in [6.45, 7) is 4.11. The first-order valence-corrected chi connectivity index (χ1v) is 7.51. The first-order valence-electron chi connectivity index (χ1n) is 7.51. The van der Waals surface area contributed by atoms with E-state index in [1.165, 1.54) is 18.4 Å². The Kier molecular flexibility index (Phi) is 5.44. The fourth-order valence-corrected chi connectivity index (χ4v) is 2.32. The van der Waals surface area contributed by atoms with Gasteiger partial charge < -0.3 is 20.1 Å². The smallest absolute Gasteiger partial charge is 0.305 e. The number of hydrogen-bond donors (Lipinski definition) is 2. The summed E-state index contributed by atoms with van der Waals surface area (Å²) in [4.78, 5) is 12.8. The maximum atomic E-state index is 10.7. The van der Waals surface area contributed by atoms with Crippen molar-refractivity contribution in [2.24, 2.45) is 0 Å². The molecule has 1 fully saturated rings. The van der Waals surface area contributed by atoms with Gasteiger partial charge in [-0.05, 0) is 37.5 Å². The van der Waals surface area contributed by atoms with Crippen molar-refractivity contribution >= 4 is 11.7 Å². The van der Waals surface area contributed by atoms with E-state index < -0.39 is 5.97 Å². The summed E-state index contributed by atoms with van der Waals surface area (Å²) in [5.74, 6) is 0.0232. The summed E-state index contributed by atoms with van der Waals surface area (Å²) in [6, 6.07) is 6.82. The topological polar surface area (TPSA) is 61.8 Å². The second kappa shape index (κ2) is 7.31. The molecule has 21 heavy (non-hydrogen) atoms. The summed E-state index contributed by atoms with van der Waals surface area (Å²) in [7, 11) is 1.65. The van der Waals surface area contributed by atoms with Crippen LogP contribution >= 0.6 is 0 Å². The van der Waals surface area contributed by atoms with Gasteiger partial charge in [0.1, 0.15) is 5.75 Å². The zero-order valence-corrected chi connectivity index (χ0v) is 12.8. The summed E-state index contributed by atoms with van der Waals surface area (Å²) >= 11 is 0. The maximum absolute atomic E-state index is 10.7. The molecular weight excluding hydrogens is 268 g/mol. The summed E-state index contributed by atoms with van der Waals surface area (Å²) < 4.78 is 5.48. The van der Waals surface area contributed by atoms with Crippen molar-refractivity contribution in [1.29, 1.82) is 0 Å². The van der Waals surface area contributed by atoms with E-state index in [1.54, 1.807) is 7.11 Å². The number of nitrogens with one attached hydrogen (secondary N) is 1. The van der Waals surface area contributed by atoms with Gasteiger partial charge in [0.05, 0.1) is 19.2 Å². The molecule has 5 nitrogen and oxygen atoms in total. The molecule has 0 saturated heterocycles. The molecule has 5 heteroatoms. The number of aliphatic carboxylic acids is 1. The molecule has 0 spiro atoms. The van der Waals surface area contributed by atoms with Crippen LogP contribution in [0.5, 0.6) is 5.75 Å². The van der Waals surface area contributed by atoms with Crippen molar-refractivity contribution in [3.05, 3.63) is 23.8 Å². The van der Waals surface area contributed by atoms with E-state index in [2.05, 4.69) is 11.4 Å². The molecule has 1 saturated carbocycles. The van der Waals surface area contributed by atoms with E-state index in [1.807, 2.05) is 24.0 Å². The predicted molar refractivity (Wildman–Crippen MR) is 83.0 cm³/mol. The third-order valence-electron chi connectivity index (χ3n) is 3.73. The van der Waals surface area contributed by atoms with Crippen LogP contribution < -0.4 is 15.0 Å². The van der Waals surface area contributed by atoms with E-state index in [4.69, 9.17) is 9.84 Å². The third-order valence-corrected chi connectivity index (χ3v) is 3.73. The lowest BCUT2D eigenvalue weighted by Gasteiger charge is -2.25. The van der Waals surface area contributed by atoms with Crippen LogP contribution in [0.25, 0.3) is 0 Å². The van der Waals surface area contributed by atoms with Gasteiger partial charge in [0.15, 0.2) is 0 Å². The molecule has 0 heterocycles. The van der Waals surface area contributed by atoms with Gasteiger partial charge in [-0.25, -0.2) is 0 Å². The molecule has 0 atom stereocenters. The Labute approximate surface area is 125 Å². The minimum absolute atomic E-state index is 0.127. The van der Waals surface area contributed by atoms with Gasteiger partial charge in [-0.3, -0.25) is 4.79 Å². The monoisotopic (exact) mass is 292 g/mol. The number of anilines is 1. The number of carboxylic acid groups (broad SMARTS) is 1. The van der Waals surface area contributed by atoms with Gasteiger partial charge in [0, 0.05) is 25.7 Å². The molecule has 1 aliphatic carbocycles. The second-order valence-electron chi connectivity index (χ2n) is 5.38. The van der Waals surface area contributed by atoms with Crippen LogP contribution in [0, 0.1) is 0 Å². The molecule has 1 aromatic carbocycles. The van der Waals surface area contributed by atoms with E-state index in [0.29, 0.717) is 12.6 Å². The molecule has 2 N–H and O–H groups in total. The Hall–Kier alpha value is -1.75. The number of carbonyl (C=O) groups is 1. The highest BCUT2D eigenvalue weighted by atomic mass is 16.5. The van der Waals surface area contributed by atoms with Crippen LogP contribution in [0.2, 0.25) is 0 Å². The number of rotatable bonds is 9. The van der Waals surface area contributed by atoms with E-state index in [9.17, 15) is 4.79 Å². The molecule has 0 aliphatic heterocycles. The molecule has 0 bridgehead atoms. The van der Waals surface area contributed by atoms with Crippen molar-refractivity contribution in [3.8, 4) is 5.75 Å². The van der Waals surface area contributed by atoms with Crippen LogP contribution in [0.15, 0.2) is 18.2 Å². The Morgan fingerprint density at radius 2 is 2.24 bits per heavy atom. The second-order valence-corrected chi connectivity index (χ2v) is 5.38. The number of ether oxygens (including phenoxy) is 1. The van der Waals surface area contributed by atoms with Crippen LogP contribution in [-0.2, 0) is 11.3 Å². The Morgan fingerprint density at radius 3 is 2.81 bits per heavy atom. The zero-order chi connectivity index (χ0) is 15.2.